The van der Waals surface area contributed by atoms with E-state index in [1.54, 1.807) is 26.4 Å². The molecule has 2 heterocycles. The summed E-state index contributed by atoms with van der Waals surface area (Å²) in [6.45, 7) is 0. The van der Waals surface area contributed by atoms with Crippen LogP contribution < -0.4 is 14.8 Å². The normalized spacial score (nSPS) is 10.7. The molecule has 2 aromatic carbocycles. The third-order valence-electron chi connectivity index (χ3n) is 4.16. The van der Waals surface area contributed by atoms with Crippen molar-refractivity contribution in [3.05, 3.63) is 48.3 Å². The number of methoxy groups -OCH3 is 2. The first-order valence-electron chi connectivity index (χ1n) is 7.89. The van der Waals surface area contributed by atoms with E-state index in [0.29, 0.717) is 22.9 Å². The van der Waals surface area contributed by atoms with Crippen molar-refractivity contribution in [2.45, 2.75) is 0 Å². The molecular weight excluding hydrogens is 330 g/mol. The quantitative estimate of drug-likeness (QED) is 0.585. The Balaban J connectivity index is 1.84. The number of rotatable bonds is 4. The molecule has 2 N–H and O–H groups in total. The first-order valence-corrected chi connectivity index (χ1v) is 7.89. The number of ether oxygens (including phenoxy) is 2. The fraction of sp³-hybridized carbons (Fsp3) is 0.105. The second-order valence-corrected chi connectivity index (χ2v) is 5.64. The highest BCUT2D eigenvalue weighted by Gasteiger charge is 2.14. The van der Waals surface area contributed by atoms with Gasteiger partial charge in [0.05, 0.1) is 31.4 Å². The summed E-state index contributed by atoms with van der Waals surface area (Å²) in [7, 11) is 3.20. The molecule has 4 rings (SSSR count). The maximum absolute atomic E-state index is 8.91. The van der Waals surface area contributed by atoms with Gasteiger partial charge >= 0.3 is 0 Å². The molecule has 0 aliphatic rings. The molecule has 26 heavy (non-hydrogen) atoms. The zero-order chi connectivity index (χ0) is 18.1. The second-order valence-electron chi connectivity index (χ2n) is 5.64. The van der Waals surface area contributed by atoms with Crippen LogP contribution in [0.5, 0.6) is 11.5 Å². The van der Waals surface area contributed by atoms with E-state index in [1.165, 1.54) is 6.33 Å². The Kier molecular flexibility index (Phi) is 3.78. The van der Waals surface area contributed by atoms with Crippen LogP contribution in [0.25, 0.3) is 21.9 Å². The molecule has 0 saturated heterocycles. The summed E-state index contributed by atoms with van der Waals surface area (Å²) < 4.78 is 10.8. The number of fused-ring (bicyclic) bond motifs is 3. The van der Waals surface area contributed by atoms with Crippen LogP contribution in [-0.4, -0.2) is 29.2 Å². The molecule has 0 saturated carbocycles. The average Bonchev–Trinajstić information content (AvgIpc) is 3.06. The number of hydrogen-bond donors (Lipinski definition) is 2. The molecule has 128 valence electrons. The summed E-state index contributed by atoms with van der Waals surface area (Å²) in [6, 6.07) is 13.0. The van der Waals surface area contributed by atoms with Gasteiger partial charge in [0.25, 0.3) is 0 Å². The number of nitrogens with zero attached hydrogens (tertiary/aromatic N) is 3. The van der Waals surface area contributed by atoms with Gasteiger partial charge in [-0.15, -0.1) is 0 Å². The molecule has 0 aliphatic heterocycles. The SMILES string of the molecule is COc1cc2[nH]c3c(Nc4ccc(C#N)cc4)ncnc3c2cc1OC. The van der Waals surface area contributed by atoms with Crippen LogP contribution in [0.2, 0.25) is 0 Å². The van der Waals surface area contributed by atoms with Gasteiger partial charge in [0, 0.05) is 17.1 Å². The third kappa shape index (κ3) is 2.54. The Labute approximate surface area is 149 Å². The molecule has 0 spiro atoms. The van der Waals surface area contributed by atoms with E-state index in [1.807, 2.05) is 24.3 Å². The Hall–Kier alpha value is -3.79. The van der Waals surface area contributed by atoms with E-state index in [2.05, 4.69) is 26.3 Å². The lowest BCUT2D eigenvalue weighted by molar-refractivity contribution is 0.356. The van der Waals surface area contributed by atoms with Gasteiger partial charge in [-0.3, -0.25) is 0 Å². The molecule has 7 nitrogen and oxygen atoms in total. The van der Waals surface area contributed by atoms with Gasteiger partial charge in [-0.05, 0) is 30.3 Å². The van der Waals surface area contributed by atoms with Crippen molar-refractivity contribution in [2.24, 2.45) is 0 Å². The highest BCUT2D eigenvalue weighted by Crippen LogP contribution is 2.36. The van der Waals surface area contributed by atoms with Gasteiger partial charge in [-0.1, -0.05) is 0 Å². The predicted molar refractivity (Wildman–Crippen MR) is 98.9 cm³/mol. The lowest BCUT2D eigenvalue weighted by atomic mass is 10.2. The van der Waals surface area contributed by atoms with E-state index in [4.69, 9.17) is 14.7 Å². The Morgan fingerprint density at radius 1 is 1.04 bits per heavy atom. The largest absolute Gasteiger partial charge is 0.493 e. The van der Waals surface area contributed by atoms with Crippen molar-refractivity contribution < 1.29 is 9.47 Å². The van der Waals surface area contributed by atoms with Gasteiger partial charge in [-0.2, -0.15) is 5.26 Å². The molecule has 0 atom stereocenters. The Morgan fingerprint density at radius 2 is 1.77 bits per heavy atom. The van der Waals surface area contributed by atoms with Gasteiger partial charge in [0.2, 0.25) is 0 Å². The molecular formula is C19H15N5O2. The monoisotopic (exact) mass is 345 g/mol. The summed E-state index contributed by atoms with van der Waals surface area (Å²) in [6.07, 6.45) is 1.51. The van der Waals surface area contributed by atoms with Crippen molar-refractivity contribution in [3.63, 3.8) is 0 Å². The van der Waals surface area contributed by atoms with Crippen molar-refractivity contribution in [2.75, 3.05) is 19.5 Å². The number of aromatic amines is 1. The van der Waals surface area contributed by atoms with Crippen molar-refractivity contribution in [1.82, 2.24) is 15.0 Å². The molecule has 2 aromatic heterocycles. The van der Waals surface area contributed by atoms with E-state index < -0.39 is 0 Å². The van der Waals surface area contributed by atoms with Crippen molar-refractivity contribution in [3.8, 4) is 17.6 Å². The molecule has 4 aromatic rings. The molecule has 0 fully saturated rings. The summed E-state index contributed by atoms with van der Waals surface area (Å²) in [4.78, 5) is 12.1. The highest BCUT2D eigenvalue weighted by atomic mass is 16.5. The van der Waals surface area contributed by atoms with E-state index >= 15 is 0 Å². The van der Waals surface area contributed by atoms with E-state index in [0.717, 1.165) is 27.6 Å². The number of nitrogens with one attached hydrogen (secondary N) is 2. The van der Waals surface area contributed by atoms with Crippen LogP contribution in [0.1, 0.15) is 5.56 Å². The summed E-state index contributed by atoms with van der Waals surface area (Å²) in [5.41, 5.74) is 3.88. The van der Waals surface area contributed by atoms with Crippen LogP contribution in [0.3, 0.4) is 0 Å². The van der Waals surface area contributed by atoms with Crippen LogP contribution in [-0.2, 0) is 0 Å². The predicted octanol–water partition coefficient (Wildman–Crippen LogP) is 3.74. The Bertz CT molecular complexity index is 1140. The number of benzene rings is 2. The maximum Gasteiger partial charge on any atom is 0.162 e. The Morgan fingerprint density at radius 3 is 2.46 bits per heavy atom. The number of nitriles is 1. The van der Waals surface area contributed by atoms with E-state index in [9.17, 15) is 0 Å². The lowest BCUT2D eigenvalue weighted by Crippen LogP contribution is -1.95. The minimum Gasteiger partial charge on any atom is -0.493 e. The summed E-state index contributed by atoms with van der Waals surface area (Å²) in [5, 5.41) is 13.1. The minimum atomic E-state index is 0.605. The summed E-state index contributed by atoms with van der Waals surface area (Å²) in [5.74, 6) is 1.93. The number of H-pyrrole nitrogens is 1. The summed E-state index contributed by atoms with van der Waals surface area (Å²) >= 11 is 0. The fourth-order valence-electron chi connectivity index (χ4n) is 2.88. The van der Waals surface area contributed by atoms with Gasteiger partial charge in [-0.25, -0.2) is 9.97 Å². The van der Waals surface area contributed by atoms with Crippen LogP contribution in [0.4, 0.5) is 11.5 Å². The topological polar surface area (TPSA) is 95.8 Å². The maximum atomic E-state index is 8.91. The zero-order valence-corrected chi connectivity index (χ0v) is 14.2. The van der Waals surface area contributed by atoms with Crippen LogP contribution in [0, 0.1) is 11.3 Å². The number of aromatic nitrogens is 3. The molecule has 0 amide bonds. The van der Waals surface area contributed by atoms with Gasteiger partial charge in [0.1, 0.15) is 17.4 Å². The first kappa shape index (κ1) is 15.7. The lowest BCUT2D eigenvalue weighted by Gasteiger charge is -2.07. The average molecular weight is 345 g/mol. The third-order valence-corrected chi connectivity index (χ3v) is 4.16. The van der Waals surface area contributed by atoms with Crippen LogP contribution >= 0.6 is 0 Å². The molecule has 0 bridgehead atoms. The smallest absolute Gasteiger partial charge is 0.162 e. The number of hydrogen-bond acceptors (Lipinski definition) is 6. The zero-order valence-electron chi connectivity index (χ0n) is 14.2. The van der Waals surface area contributed by atoms with Gasteiger partial charge in [0.15, 0.2) is 17.3 Å². The van der Waals surface area contributed by atoms with E-state index in [-0.39, 0.29) is 0 Å². The van der Waals surface area contributed by atoms with Crippen molar-refractivity contribution in [1.29, 1.82) is 5.26 Å². The minimum absolute atomic E-state index is 0.605. The second kappa shape index (κ2) is 6.26. The fourth-order valence-corrected chi connectivity index (χ4v) is 2.88. The standard InChI is InChI=1S/C19H15N5O2/c1-25-15-7-13-14(8-16(15)26-2)24-18-17(13)21-10-22-19(18)23-12-5-3-11(9-20)4-6-12/h3-8,10,24H,1-2H3,(H,21,22,23). The molecule has 0 radical (unpaired) electrons. The number of anilines is 2. The molecule has 0 unspecified atom stereocenters. The molecule has 0 aliphatic carbocycles. The van der Waals surface area contributed by atoms with Gasteiger partial charge < -0.3 is 19.8 Å². The highest BCUT2D eigenvalue weighted by molar-refractivity contribution is 6.09. The molecule has 7 heteroatoms. The first-order chi connectivity index (χ1) is 12.7. The van der Waals surface area contributed by atoms with Crippen molar-refractivity contribution >= 4 is 33.4 Å². The van der Waals surface area contributed by atoms with Crippen LogP contribution in [0.15, 0.2) is 42.7 Å².